The normalized spacial score (nSPS) is 28.5. The second-order valence-electron chi connectivity index (χ2n) is 27.3. The van der Waals surface area contributed by atoms with Gasteiger partial charge in [-0.1, -0.05) is 70.9 Å². The number of guanidine groups is 1. The molecular weight excluding hydrogens is 1420 g/mol. The lowest BCUT2D eigenvalue weighted by atomic mass is 9.96. The molecule has 14 amide bonds. The minimum absolute atomic E-state index is 0.00652. The van der Waals surface area contributed by atoms with Crippen LogP contribution in [0.2, 0.25) is 0 Å². The van der Waals surface area contributed by atoms with E-state index in [2.05, 4.69) is 63.5 Å². The predicted molar refractivity (Wildman–Crippen MR) is 389 cm³/mol. The van der Waals surface area contributed by atoms with Crippen molar-refractivity contribution in [2.24, 2.45) is 34.0 Å². The van der Waals surface area contributed by atoms with Crippen molar-refractivity contribution >= 4 is 118 Å². The second-order valence-corrected chi connectivity index (χ2v) is 29.7. The number of carboxylic acid groups (broad SMARTS) is 1. The van der Waals surface area contributed by atoms with Crippen LogP contribution in [0.15, 0.2) is 35.3 Å². The van der Waals surface area contributed by atoms with Crippen LogP contribution in [0.3, 0.4) is 0 Å². The first-order valence-corrected chi connectivity index (χ1v) is 38.5. The van der Waals surface area contributed by atoms with E-state index in [1.165, 1.54) is 14.7 Å². The number of unbranched alkanes of at least 4 members (excludes halogenated alkanes) is 1. The molecule has 38 heteroatoms. The summed E-state index contributed by atoms with van der Waals surface area (Å²) < 4.78 is 0. The highest BCUT2D eigenvalue weighted by molar-refractivity contribution is 8.16. The molecule has 20 N–H and O–H groups in total. The molecule has 0 spiro atoms. The fourth-order valence-corrected chi connectivity index (χ4v) is 15.3. The number of carboxylic acids is 1. The first kappa shape index (κ1) is 86.0. The van der Waals surface area contributed by atoms with Crippen molar-refractivity contribution in [3.8, 4) is 0 Å². The molecule has 5 aliphatic rings. The van der Waals surface area contributed by atoms with Crippen molar-refractivity contribution in [2.45, 2.75) is 216 Å². The van der Waals surface area contributed by atoms with Gasteiger partial charge in [0.05, 0.1) is 25.7 Å². The minimum Gasteiger partial charge on any atom is -0.481 e. The van der Waals surface area contributed by atoms with E-state index in [9.17, 15) is 72.9 Å². The van der Waals surface area contributed by atoms with Crippen molar-refractivity contribution in [3.05, 3.63) is 35.9 Å². The number of carbonyl (C=O) groups excluding carboxylic acids is 14. The van der Waals surface area contributed by atoms with Gasteiger partial charge >= 0.3 is 5.97 Å². The SMILES string of the molecule is CC[C@H](C)[C@@H]1NC(=O)[C@@H]2CCCN2C(=O)[C@@H]2CCCN2C(=O)[C@H]([C@@H](C)CC)NC(=O)[C@H](CO)NC(=O)[C@H](CCCCN)NC(=O)[C@H]([C@@H](C)O)NC(=O)[C@@H]2CSCSC[C@H](NC1=O)C(=O)N[C@@H](Cc1ccccc1)C(=O)N1CCC[C@@H]1C(=O)N[C@@H](CC(=O)O)C(=O)NCC(=O)N[C@@H](CCCN=C(N)N)C(=O)N2. The lowest BCUT2D eigenvalue weighted by Gasteiger charge is -2.35. The molecule has 16 atom stereocenters. The topological polar surface area (TPSA) is 549 Å². The third-order valence-electron chi connectivity index (χ3n) is 19.5. The van der Waals surface area contributed by atoms with Gasteiger partial charge in [0.15, 0.2) is 5.96 Å². The second kappa shape index (κ2) is 42.5. The molecule has 1 aromatic carbocycles. The zero-order valence-electron chi connectivity index (χ0n) is 60.6. The fraction of sp³-hybridized carbons (Fsp3) is 0.676. The number of nitrogens with two attached hydrogens (primary N) is 3. The smallest absolute Gasteiger partial charge is 0.305 e. The Balaban J connectivity index is 1.49. The standard InChI is InChI=1S/C68H106N18O18S2/c1-6-36(3)52-63(100)80-45-33-105-35-106-34-46(79-56(93)40(20-13-25-72-68(70)71)74-50(89)31-73-55(92)42(30-51(90)91)76-61(98)47-21-14-26-84(47)65(102)43(77-59(45)96)29-39-17-9-8-10-18-39)60(97)83-54(38(5)88)64(101)75-41(19-11-12-24-69)57(94)78-44(32-87)58(95)82-53(37(4)7-2)67(104)86-28-16-23-49(86)66(103)85-27-15-22-48(85)62(99)81-52/h8-10,17-18,36-38,40-49,52-54,87-88H,6-7,11-16,19-35,69H2,1-5H3,(H,73,92)(H,74,89)(H,75,101)(H,76,98)(H,77,96)(H,78,94)(H,79,93)(H,80,100)(H,81,99)(H,82,95)(H,83,97)(H,90,91)(H4,70,71,72)/t36-,37-,38+,40-,41-,42-,43-,44-,45-,46-,47+,48-,49-,52-,53-,54-/m0/s1. The van der Waals surface area contributed by atoms with Gasteiger partial charge in [0.25, 0.3) is 0 Å². The lowest BCUT2D eigenvalue weighted by Crippen LogP contribution is -2.63. The Labute approximate surface area is 623 Å². The number of rotatable bonds is 18. The molecule has 5 saturated heterocycles. The summed E-state index contributed by atoms with van der Waals surface area (Å²) in [6.45, 7) is 6.32. The molecule has 1 aromatic rings. The maximum Gasteiger partial charge on any atom is 0.305 e. The Hall–Kier alpha value is -8.88. The van der Waals surface area contributed by atoms with Gasteiger partial charge in [-0.15, -0.1) is 23.5 Å². The highest BCUT2D eigenvalue weighted by atomic mass is 32.2. The Kier molecular flexibility index (Phi) is 34.5. The molecule has 106 heavy (non-hydrogen) atoms. The van der Waals surface area contributed by atoms with E-state index in [0.717, 1.165) is 30.4 Å². The highest BCUT2D eigenvalue weighted by Gasteiger charge is 2.47. The van der Waals surface area contributed by atoms with Crippen LogP contribution in [0, 0.1) is 11.8 Å². The summed E-state index contributed by atoms with van der Waals surface area (Å²) in [5.41, 5.74) is 17.5. The number of fused-ring (bicyclic) bond motifs is 9. The maximum absolute atomic E-state index is 15.3. The number of benzene rings is 1. The number of aliphatic imine (C=N–C) groups is 1. The van der Waals surface area contributed by atoms with Gasteiger partial charge < -0.3 is 106 Å². The van der Waals surface area contributed by atoms with Crippen molar-refractivity contribution in [1.29, 1.82) is 0 Å². The van der Waals surface area contributed by atoms with Gasteiger partial charge in [-0.3, -0.25) is 76.9 Å². The van der Waals surface area contributed by atoms with Crippen molar-refractivity contribution in [2.75, 3.05) is 62.5 Å². The molecule has 2 bridgehead atoms. The van der Waals surface area contributed by atoms with Crippen LogP contribution in [-0.2, 0) is 78.3 Å². The van der Waals surface area contributed by atoms with E-state index in [4.69, 9.17) is 17.2 Å². The zero-order chi connectivity index (χ0) is 77.9. The van der Waals surface area contributed by atoms with Crippen molar-refractivity contribution < 1.29 is 87.2 Å². The molecule has 0 aromatic heterocycles. The van der Waals surface area contributed by atoms with Gasteiger partial charge in [0.2, 0.25) is 82.7 Å². The molecule has 0 saturated carbocycles. The number of hydrogen-bond donors (Lipinski definition) is 17. The number of carbonyl (C=O) groups is 15. The average Bonchev–Trinajstić information content (AvgIpc) is 1.45. The summed E-state index contributed by atoms with van der Waals surface area (Å²) in [4.78, 5) is 225. The number of hydrogen-bond acceptors (Lipinski definition) is 21. The molecule has 0 aliphatic carbocycles. The molecule has 5 aliphatic heterocycles. The third kappa shape index (κ3) is 24.9. The number of aliphatic hydroxyl groups excluding tert-OH is 2. The van der Waals surface area contributed by atoms with Crippen LogP contribution >= 0.6 is 23.5 Å². The van der Waals surface area contributed by atoms with Gasteiger partial charge in [-0.25, -0.2) is 0 Å². The number of aliphatic hydroxyl groups is 2. The summed E-state index contributed by atoms with van der Waals surface area (Å²) in [6, 6.07) is -11.1. The number of aliphatic carboxylic acids is 1. The Morgan fingerprint density at radius 1 is 0.538 bits per heavy atom. The molecular formula is C68H106N18O18S2. The largest absolute Gasteiger partial charge is 0.481 e. The van der Waals surface area contributed by atoms with Crippen LogP contribution in [-0.4, -0.2) is 272 Å². The van der Waals surface area contributed by atoms with Crippen molar-refractivity contribution in [1.82, 2.24) is 73.2 Å². The quantitative estimate of drug-likeness (QED) is 0.0371. The number of nitrogens with zero attached hydrogens (tertiary/aromatic N) is 4. The fourth-order valence-electron chi connectivity index (χ4n) is 13.1. The van der Waals surface area contributed by atoms with Gasteiger partial charge in [0.1, 0.15) is 78.5 Å². The Morgan fingerprint density at radius 2 is 1.02 bits per heavy atom. The minimum atomic E-state index is -1.91. The molecule has 36 nitrogen and oxygen atoms in total. The number of amides is 14. The van der Waals surface area contributed by atoms with Crippen LogP contribution in [0.5, 0.6) is 0 Å². The molecule has 5 fully saturated rings. The molecule has 6 rings (SSSR count). The summed E-state index contributed by atoms with van der Waals surface area (Å²) in [5.74, 6) is -16.7. The first-order chi connectivity index (χ1) is 50.5. The van der Waals surface area contributed by atoms with E-state index in [1.54, 1.807) is 58.0 Å². The lowest BCUT2D eigenvalue weighted by molar-refractivity contribution is -0.149. The van der Waals surface area contributed by atoms with Crippen LogP contribution in [0.4, 0.5) is 0 Å². The zero-order valence-corrected chi connectivity index (χ0v) is 62.2. The van der Waals surface area contributed by atoms with Crippen LogP contribution < -0.4 is 75.7 Å². The highest BCUT2D eigenvalue weighted by Crippen LogP contribution is 2.28. The number of nitrogens with one attached hydrogen (secondary N) is 11. The average molecular weight is 1530 g/mol. The monoisotopic (exact) mass is 1530 g/mol. The van der Waals surface area contributed by atoms with Gasteiger partial charge in [-0.2, -0.15) is 0 Å². The first-order valence-electron chi connectivity index (χ1n) is 36.2. The predicted octanol–water partition coefficient (Wildman–Crippen LogP) is -5.26. The van der Waals surface area contributed by atoms with Gasteiger partial charge in [0, 0.05) is 49.2 Å². The summed E-state index contributed by atoms with van der Waals surface area (Å²) >= 11 is 2.02. The van der Waals surface area contributed by atoms with Crippen molar-refractivity contribution in [3.63, 3.8) is 0 Å². The molecule has 0 unspecified atom stereocenters. The van der Waals surface area contributed by atoms with Crippen LogP contribution in [0.25, 0.3) is 0 Å². The molecule has 588 valence electrons. The summed E-state index contributed by atoms with van der Waals surface area (Å²) in [5, 5.41) is 60.2. The van der Waals surface area contributed by atoms with E-state index in [0.29, 0.717) is 37.7 Å². The summed E-state index contributed by atoms with van der Waals surface area (Å²) in [6.07, 6.45) is -0.831. The molecule has 0 radical (unpaired) electrons. The van der Waals surface area contributed by atoms with E-state index < -0.39 is 205 Å². The van der Waals surface area contributed by atoms with E-state index >= 15 is 14.4 Å². The summed E-state index contributed by atoms with van der Waals surface area (Å²) in [7, 11) is 0. The third-order valence-corrected chi connectivity index (χ3v) is 21.9. The van der Waals surface area contributed by atoms with E-state index in [-0.39, 0.29) is 113 Å². The molecule has 5 heterocycles. The maximum atomic E-state index is 15.3. The van der Waals surface area contributed by atoms with Gasteiger partial charge in [-0.05, 0) is 101 Å². The number of thioether (sulfide) groups is 2. The Bertz CT molecular complexity index is 3320. The Morgan fingerprint density at radius 3 is 1.60 bits per heavy atom. The van der Waals surface area contributed by atoms with Crippen LogP contribution in [0.1, 0.15) is 130 Å². The van der Waals surface area contributed by atoms with E-state index in [1.807, 2.05) is 0 Å².